The molecule has 5 heteroatoms. The summed E-state index contributed by atoms with van der Waals surface area (Å²) in [7, 11) is 0. The second kappa shape index (κ2) is 5.23. The molecule has 1 fully saturated rings. The van der Waals surface area contributed by atoms with Crippen molar-refractivity contribution in [1.29, 1.82) is 0 Å². The van der Waals surface area contributed by atoms with Crippen LogP contribution < -0.4 is 0 Å². The van der Waals surface area contributed by atoms with E-state index in [0.717, 1.165) is 12.8 Å². The Morgan fingerprint density at radius 1 is 1.32 bits per heavy atom. The Hall–Kier alpha value is -1.62. The van der Waals surface area contributed by atoms with Gasteiger partial charge in [0.2, 0.25) is 0 Å². The van der Waals surface area contributed by atoms with Crippen LogP contribution in [-0.2, 0) is 11.2 Å². The standard InChI is InChI=1S/C17H23NO4/c1-10-8-18(9-17(3,4)22-10)16(20)15-11(2)14-12(19)6-5-7-13(14)21-15/h10H,5-9H2,1-4H3. The van der Waals surface area contributed by atoms with Crippen LogP contribution in [0.3, 0.4) is 0 Å². The molecule has 1 atom stereocenters. The van der Waals surface area contributed by atoms with Crippen LogP contribution in [-0.4, -0.2) is 41.4 Å². The molecule has 2 heterocycles. The molecule has 0 bridgehead atoms. The van der Waals surface area contributed by atoms with Crippen molar-refractivity contribution in [3.63, 3.8) is 0 Å². The number of hydrogen-bond acceptors (Lipinski definition) is 4. The van der Waals surface area contributed by atoms with Crippen LogP contribution in [0.15, 0.2) is 4.42 Å². The molecule has 1 aliphatic carbocycles. The number of aryl methyl sites for hydroxylation is 1. The van der Waals surface area contributed by atoms with Gasteiger partial charge in [0.15, 0.2) is 11.5 Å². The number of fused-ring (bicyclic) bond motifs is 1. The van der Waals surface area contributed by atoms with Crippen molar-refractivity contribution in [2.45, 2.75) is 58.7 Å². The first-order valence-electron chi connectivity index (χ1n) is 7.91. The zero-order chi connectivity index (χ0) is 16.1. The van der Waals surface area contributed by atoms with E-state index in [2.05, 4.69) is 0 Å². The summed E-state index contributed by atoms with van der Waals surface area (Å²) >= 11 is 0. The Labute approximate surface area is 130 Å². The number of amides is 1. The summed E-state index contributed by atoms with van der Waals surface area (Å²) in [5, 5.41) is 0. The fraction of sp³-hybridized carbons (Fsp3) is 0.647. The second-order valence-electron chi connectivity index (χ2n) is 7.00. The predicted octanol–water partition coefficient (Wildman–Crippen LogP) is 2.75. The van der Waals surface area contributed by atoms with Crippen LogP contribution in [0.4, 0.5) is 0 Å². The van der Waals surface area contributed by atoms with Crippen molar-refractivity contribution in [3.05, 3.63) is 22.6 Å². The third kappa shape index (κ3) is 2.58. The summed E-state index contributed by atoms with van der Waals surface area (Å²) in [6.07, 6.45) is 2.07. The monoisotopic (exact) mass is 305 g/mol. The van der Waals surface area contributed by atoms with Crippen LogP contribution in [0.25, 0.3) is 0 Å². The highest BCUT2D eigenvalue weighted by atomic mass is 16.5. The smallest absolute Gasteiger partial charge is 0.290 e. The van der Waals surface area contributed by atoms with E-state index in [4.69, 9.17) is 9.15 Å². The summed E-state index contributed by atoms with van der Waals surface area (Å²) in [5.41, 5.74) is 0.959. The first-order valence-corrected chi connectivity index (χ1v) is 7.91. The number of rotatable bonds is 1. The van der Waals surface area contributed by atoms with Gasteiger partial charge in [-0.05, 0) is 34.1 Å². The Bertz CT molecular complexity index is 629. The minimum absolute atomic E-state index is 0.0146. The first-order chi connectivity index (χ1) is 10.3. The highest BCUT2D eigenvalue weighted by molar-refractivity contribution is 6.03. The van der Waals surface area contributed by atoms with Crippen molar-refractivity contribution in [1.82, 2.24) is 4.90 Å². The molecule has 0 radical (unpaired) electrons. The van der Waals surface area contributed by atoms with Crippen LogP contribution >= 0.6 is 0 Å². The average molecular weight is 305 g/mol. The van der Waals surface area contributed by atoms with Gasteiger partial charge in [-0.2, -0.15) is 0 Å². The summed E-state index contributed by atoms with van der Waals surface area (Å²) < 4.78 is 11.6. The van der Waals surface area contributed by atoms with Gasteiger partial charge in [-0.3, -0.25) is 9.59 Å². The molecule has 1 aromatic heterocycles. The predicted molar refractivity (Wildman–Crippen MR) is 81.2 cm³/mol. The van der Waals surface area contributed by atoms with Crippen LogP contribution in [0.5, 0.6) is 0 Å². The zero-order valence-corrected chi connectivity index (χ0v) is 13.7. The molecule has 2 aliphatic rings. The molecule has 1 saturated heterocycles. The van der Waals surface area contributed by atoms with E-state index in [-0.39, 0.29) is 23.4 Å². The van der Waals surface area contributed by atoms with E-state index in [0.29, 0.717) is 42.2 Å². The highest BCUT2D eigenvalue weighted by Crippen LogP contribution is 2.31. The zero-order valence-electron chi connectivity index (χ0n) is 13.7. The molecule has 0 spiro atoms. The first kappa shape index (κ1) is 15.3. The van der Waals surface area contributed by atoms with Gasteiger partial charge in [-0.15, -0.1) is 0 Å². The molecule has 5 nitrogen and oxygen atoms in total. The quantitative estimate of drug-likeness (QED) is 0.800. The lowest BCUT2D eigenvalue weighted by atomic mass is 9.94. The van der Waals surface area contributed by atoms with Gasteiger partial charge < -0.3 is 14.1 Å². The van der Waals surface area contributed by atoms with E-state index < -0.39 is 0 Å². The van der Waals surface area contributed by atoms with Gasteiger partial charge in [0.1, 0.15) is 5.76 Å². The van der Waals surface area contributed by atoms with E-state index >= 15 is 0 Å². The normalized spacial score (nSPS) is 24.3. The summed E-state index contributed by atoms with van der Waals surface area (Å²) in [4.78, 5) is 26.7. The van der Waals surface area contributed by atoms with Crippen LogP contribution in [0.2, 0.25) is 0 Å². The summed E-state index contributed by atoms with van der Waals surface area (Å²) in [6.45, 7) is 8.80. The van der Waals surface area contributed by atoms with E-state index in [1.165, 1.54) is 0 Å². The van der Waals surface area contributed by atoms with Crippen molar-refractivity contribution in [3.8, 4) is 0 Å². The maximum atomic E-state index is 12.8. The maximum absolute atomic E-state index is 12.8. The fourth-order valence-corrected chi connectivity index (χ4v) is 3.60. The van der Waals surface area contributed by atoms with E-state index in [9.17, 15) is 9.59 Å². The largest absolute Gasteiger partial charge is 0.455 e. The topological polar surface area (TPSA) is 59.8 Å². The van der Waals surface area contributed by atoms with Crippen molar-refractivity contribution >= 4 is 11.7 Å². The number of carbonyl (C=O) groups excluding carboxylic acids is 2. The minimum atomic E-state index is -0.372. The number of hydrogen-bond donors (Lipinski definition) is 0. The fourth-order valence-electron chi connectivity index (χ4n) is 3.60. The van der Waals surface area contributed by atoms with Crippen LogP contribution in [0.1, 0.15) is 65.8 Å². The Kier molecular flexibility index (Phi) is 3.63. The lowest BCUT2D eigenvalue weighted by molar-refractivity contribution is -0.119. The number of nitrogens with zero attached hydrogens (tertiary/aromatic N) is 1. The maximum Gasteiger partial charge on any atom is 0.290 e. The van der Waals surface area contributed by atoms with E-state index in [1.54, 1.807) is 4.90 Å². The molecule has 22 heavy (non-hydrogen) atoms. The molecule has 1 aromatic rings. The number of ketones is 1. The van der Waals surface area contributed by atoms with Gasteiger partial charge in [-0.1, -0.05) is 0 Å². The molecule has 3 rings (SSSR count). The number of Topliss-reactive ketones (excluding diaryl/α,β-unsaturated/α-hetero) is 1. The molecule has 120 valence electrons. The number of carbonyl (C=O) groups is 2. The lowest BCUT2D eigenvalue weighted by Gasteiger charge is -2.41. The molecular weight excluding hydrogens is 282 g/mol. The third-order valence-corrected chi connectivity index (χ3v) is 4.36. The molecule has 0 aromatic carbocycles. The molecule has 1 amide bonds. The SMILES string of the molecule is Cc1c(C(=O)N2CC(C)OC(C)(C)C2)oc2c1C(=O)CCC2. The van der Waals surface area contributed by atoms with Gasteiger partial charge in [0, 0.05) is 31.5 Å². The van der Waals surface area contributed by atoms with Crippen molar-refractivity contribution in [2.75, 3.05) is 13.1 Å². The minimum Gasteiger partial charge on any atom is -0.455 e. The molecule has 0 N–H and O–H groups in total. The van der Waals surface area contributed by atoms with E-state index in [1.807, 2.05) is 27.7 Å². The second-order valence-corrected chi connectivity index (χ2v) is 7.00. The number of ether oxygens (including phenoxy) is 1. The molecule has 1 aliphatic heterocycles. The van der Waals surface area contributed by atoms with Crippen molar-refractivity contribution in [2.24, 2.45) is 0 Å². The summed E-state index contributed by atoms with van der Waals surface area (Å²) in [5.74, 6) is 0.961. The number of morpholine rings is 1. The van der Waals surface area contributed by atoms with Gasteiger partial charge >= 0.3 is 0 Å². The van der Waals surface area contributed by atoms with Crippen molar-refractivity contribution < 1.29 is 18.7 Å². The Balaban J connectivity index is 1.91. The Morgan fingerprint density at radius 2 is 2.05 bits per heavy atom. The summed E-state index contributed by atoms with van der Waals surface area (Å²) in [6, 6.07) is 0. The number of furan rings is 1. The molecule has 1 unspecified atom stereocenters. The van der Waals surface area contributed by atoms with Crippen LogP contribution in [0, 0.1) is 6.92 Å². The van der Waals surface area contributed by atoms with Gasteiger partial charge in [0.25, 0.3) is 5.91 Å². The third-order valence-electron chi connectivity index (χ3n) is 4.36. The molecule has 0 saturated carbocycles. The van der Waals surface area contributed by atoms with Gasteiger partial charge in [0.05, 0.1) is 17.3 Å². The average Bonchev–Trinajstić information content (AvgIpc) is 2.74. The molecular formula is C17H23NO4. The highest BCUT2D eigenvalue weighted by Gasteiger charge is 2.37. The van der Waals surface area contributed by atoms with Gasteiger partial charge in [-0.25, -0.2) is 0 Å². The lowest BCUT2D eigenvalue weighted by Crippen LogP contribution is -2.53. The Morgan fingerprint density at radius 3 is 2.68 bits per heavy atom.